The molecule has 0 bridgehead atoms. The second-order valence-electron chi connectivity index (χ2n) is 4.55. The summed E-state index contributed by atoms with van der Waals surface area (Å²) in [6, 6.07) is 5.39. The molecule has 132 valence electrons. The van der Waals surface area contributed by atoms with E-state index in [1.807, 2.05) is 6.92 Å². The number of para-hydroxylation sites is 1. The predicted molar refractivity (Wildman–Crippen MR) is 95.0 cm³/mol. The van der Waals surface area contributed by atoms with E-state index in [1.165, 1.54) is 13.3 Å². The standard InChI is InChI=1S/C16H17N3O5S/c1-4-24-14-10(6-5-7-11(14)22-2)9-17-19-16-18-15(21)12(25-16)8-13(20)23-3/h5-9H,4H2,1-3H3,(H,18,19,21)/b12-8+,17-9?. The van der Waals surface area contributed by atoms with Crippen LogP contribution in [-0.4, -0.2) is 44.1 Å². The lowest BCUT2D eigenvalue weighted by Gasteiger charge is -2.11. The van der Waals surface area contributed by atoms with Crippen molar-refractivity contribution in [1.82, 2.24) is 5.32 Å². The number of thioether (sulfide) groups is 1. The molecule has 2 rings (SSSR count). The zero-order valence-electron chi connectivity index (χ0n) is 13.9. The highest BCUT2D eigenvalue weighted by atomic mass is 32.2. The van der Waals surface area contributed by atoms with Crippen molar-refractivity contribution in [1.29, 1.82) is 0 Å². The fraction of sp³-hybridized carbons (Fsp3) is 0.250. The van der Waals surface area contributed by atoms with Crippen molar-refractivity contribution in [2.45, 2.75) is 6.92 Å². The number of ether oxygens (including phenoxy) is 3. The van der Waals surface area contributed by atoms with E-state index in [4.69, 9.17) is 9.47 Å². The number of hydrogen-bond donors (Lipinski definition) is 1. The van der Waals surface area contributed by atoms with Crippen LogP contribution in [0.25, 0.3) is 0 Å². The molecule has 1 amide bonds. The average molecular weight is 363 g/mol. The van der Waals surface area contributed by atoms with E-state index in [0.717, 1.165) is 17.8 Å². The van der Waals surface area contributed by atoms with Gasteiger partial charge in [0.1, 0.15) is 0 Å². The van der Waals surface area contributed by atoms with Crippen molar-refractivity contribution in [2.24, 2.45) is 10.2 Å². The van der Waals surface area contributed by atoms with Crippen LogP contribution in [0.1, 0.15) is 12.5 Å². The Balaban J connectivity index is 2.16. The van der Waals surface area contributed by atoms with Crippen LogP contribution >= 0.6 is 11.8 Å². The van der Waals surface area contributed by atoms with Crippen molar-refractivity contribution in [3.8, 4) is 11.5 Å². The van der Waals surface area contributed by atoms with Crippen LogP contribution in [0.15, 0.2) is 39.4 Å². The third-order valence-electron chi connectivity index (χ3n) is 2.96. The Hall–Kier alpha value is -2.81. The number of esters is 1. The van der Waals surface area contributed by atoms with Gasteiger partial charge in [-0.1, -0.05) is 6.07 Å². The van der Waals surface area contributed by atoms with Gasteiger partial charge in [0.05, 0.1) is 31.9 Å². The topological polar surface area (TPSA) is 98.6 Å². The fourth-order valence-corrected chi connectivity index (χ4v) is 2.62. The summed E-state index contributed by atoms with van der Waals surface area (Å²) in [5.41, 5.74) is 0.685. The van der Waals surface area contributed by atoms with E-state index in [-0.39, 0.29) is 10.1 Å². The summed E-state index contributed by atoms with van der Waals surface area (Å²) in [4.78, 5) is 23.1. The lowest BCUT2D eigenvalue weighted by atomic mass is 10.2. The van der Waals surface area contributed by atoms with Crippen molar-refractivity contribution in [3.63, 3.8) is 0 Å². The first kappa shape index (κ1) is 18.5. The monoisotopic (exact) mass is 363 g/mol. The quantitative estimate of drug-likeness (QED) is 0.357. The second-order valence-corrected chi connectivity index (χ2v) is 5.58. The number of nitrogens with one attached hydrogen (secondary N) is 1. The van der Waals surface area contributed by atoms with Gasteiger partial charge in [0.2, 0.25) is 0 Å². The van der Waals surface area contributed by atoms with E-state index in [1.54, 1.807) is 25.3 Å². The third kappa shape index (κ3) is 4.83. The lowest BCUT2D eigenvalue weighted by Crippen LogP contribution is -2.19. The van der Waals surface area contributed by atoms with Gasteiger partial charge >= 0.3 is 5.97 Å². The molecule has 1 saturated heterocycles. The summed E-state index contributed by atoms with van der Waals surface area (Å²) < 4.78 is 15.3. The minimum absolute atomic E-state index is 0.192. The van der Waals surface area contributed by atoms with Crippen LogP contribution < -0.4 is 14.8 Å². The Kier molecular flexibility index (Phi) is 6.58. The van der Waals surface area contributed by atoms with Gasteiger partial charge < -0.3 is 14.2 Å². The highest BCUT2D eigenvalue weighted by Gasteiger charge is 2.25. The maximum absolute atomic E-state index is 11.7. The molecular formula is C16H17N3O5S. The summed E-state index contributed by atoms with van der Waals surface area (Å²) in [7, 11) is 2.79. The number of carbonyl (C=O) groups excluding carboxylic acids is 2. The van der Waals surface area contributed by atoms with Crippen LogP contribution in [-0.2, 0) is 14.3 Å². The smallest absolute Gasteiger partial charge is 0.331 e. The van der Waals surface area contributed by atoms with Gasteiger partial charge in [-0.3, -0.25) is 10.1 Å². The molecule has 0 aliphatic carbocycles. The predicted octanol–water partition coefficient (Wildman–Crippen LogP) is 1.70. The van der Waals surface area contributed by atoms with E-state index < -0.39 is 11.9 Å². The molecule has 9 heteroatoms. The van der Waals surface area contributed by atoms with E-state index in [2.05, 4.69) is 20.3 Å². The number of methoxy groups -OCH3 is 2. The molecule has 1 aromatic carbocycles. The SMILES string of the molecule is CCOc1c(C=N/N=C2/NC(=O)/C(=C\C(=O)OC)S2)cccc1OC. The number of carbonyl (C=O) groups is 2. The van der Waals surface area contributed by atoms with Crippen LogP contribution in [0, 0.1) is 0 Å². The van der Waals surface area contributed by atoms with E-state index in [9.17, 15) is 9.59 Å². The average Bonchev–Trinajstić information content (AvgIpc) is 2.95. The first-order valence-electron chi connectivity index (χ1n) is 7.28. The molecule has 0 saturated carbocycles. The van der Waals surface area contributed by atoms with Crippen molar-refractivity contribution in [2.75, 3.05) is 20.8 Å². The summed E-state index contributed by atoms with van der Waals surface area (Å²) >= 11 is 1.000. The number of amidine groups is 1. The van der Waals surface area contributed by atoms with Crippen LogP contribution in [0.3, 0.4) is 0 Å². The summed E-state index contributed by atoms with van der Waals surface area (Å²) in [6.45, 7) is 2.34. The molecule has 1 aliphatic rings. The summed E-state index contributed by atoms with van der Waals surface area (Å²) in [5.74, 6) is 0.108. The van der Waals surface area contributed by atoms with Gasteiger partial charge in [0.15, 0.2) is 16.7 Å². The number of nitrogens with zero attached hydrogens (tertiary/aromatic N) is 2. The van der Waals surface area contributed by atoms with E-state index in [0.29, 0.717) is 23.7 Å². The Bertz CT molecular complexity index is 758. The second kappa shape index (κ2) is 8.88. The minimum atomic E-state index is -0.611. The molecule has 1 N–H and O–H groups in total. The summed E-state index contributed by atoms with van der Waals surface area (Å²) in [6.07, 6.45) is 2.59. The maximum atomic E-state index is 11.7. The normalized spacial score (nSPS) is 17.2. The lowest BCUT2D eigenvalue weighted by molar-refractivity contribution is -0.135. The van der Waals surface area contributed by atoms with Crippen LogP contribution in [0.4, 0.5) is 0 Å². The zero-order valence-corrected chi connectivity index (χ0v) is 14.8. The molecule has 0 atom stereocenters. The molecule has 0 aromatic heterocycles. The Morgan fingerprint density at radius 3 is 2.84 bits per heavy atom. The van der Waals surface area contributed by atoms with Crippen LogP contribution in [0.2, 0.25) is 0 Å². The Morgan fingerprint density at radius 2 is 2.16 bits per heavy atom. The number of benzene rings is 1. The van der Waals surface area contributed by atoms with E-state index >= 15 is 0 Å². The molecule has 1 heterocycles. The minimum Gasteiger partial charge on any atom is -0.493 e. The fourth-order valence-electron chi connectivity index (χ4n) is 1.88. The first-order chi connectivity index (χ1) is 12.1. The Morgan fingerprint density at radius 1 is 1.36 bits per heavy atom. The molecule has 1 aromatic rings. The number of amides is 1. The van der Waals surface area contributed by atoms with Crippen molar-refractivity contribution < 1.29 is 23.8 Å². The molecule has 8 nitrogen and oxygen atoms in total. The number of hydrogen-bond acceptors (Lipinski definition) is 8. The van der Waals surface area contributed by atoms with Crippen molar-refractivity contribution >= 4 is 35.0 Å². The Labute approximate surface area is 148 Å². The first-order valence-corrected chi connectivity index (χ1v) is 8.10. The van der Waals surface area contributed by atoms with Gasteiger partial charge in [0, 0.05) is 11.6 Å². The molecule has 0 unspecified atom stereocenters. The van der Waals surface area contributed by atoms with Gasteiger partial charge in [0.25, 0.3) is 5.91 Å². The molecule has 25 heavy (non-hydrogen) atoms. The van der Waals surface area contributed by atoms with Gasteiger partial charge in [-0.25, -0.2) is 4.79 Å². The van der Waals surface area contributed by atoms with Gasteiger partial charge in [-0.15, -0.1) is 5.10 Å². The van der Waals surface area contributed by atoms with Crippen molar-refractivity contribution in [3.05, 3.63) is 34.7 Å². The zero-order chi connectivity index (χ0) is 18.2. The summed E-state index contributed by atoms with van der Waals surface area (Å²) in [5, 5.41) is 10.7. The van der Waals surface area contributed by atoms with Crippen LogP contribution in [0.5, 0.6) is 11.5 Å². The largest absolute Gasteiger partial charge is 0.493 e. The molecule has 1 aliphatic heterocycles. The molecule has 0 spiro atoms. The molecular weight excluding hydrogens is 346 g/mol. The molecule has 0 radical (unpaired) electrons. The van der Waals surface area contributed by atoms with Gasteiger partial charge in [-0.2, -0.15) is 5.10 Å². The highest BCUT2D eigenvalue weighted by Crippen LogP contribution is 2.30. The highest BCUT2D eigenvalue weighted by molar-refractivity contribution is 8.18. The van der Waals surface area contributed by atoms with Gasteiger partial charge in [-0.05, 0) is 30.8 Å². The third-order valence-corrected chi connectivity index (χ3v) is 3.86. The maximum Gasteiger partial charge on any atom is 0.331 e. The molecule has 1 fully saturated rings. The number of rotatable bonds is 6.